The van der Waals surface area contributed by atoms with Crippen LogP contribution >= 0.6 is 0 Å². The standard InChI is InChI=1S/C24H33N3O3/c1-5-13-27(24(29)20(2)3)19-23(28)26(15-16-30-4)18-22-12-9-14-25(22)17-21-10-7-6-8-11-21/h5-12,14,20H,1,13,15-19H2,2-4H3. The summed E-state index contributed by atoms with van der Waals surface area (Å²) in [6.07, 6.45) is 3.67. The third-order valence-corrected chi connectivity index (χ3v) is 4.87. The summed E-state index contributed by atoms with van der Waals surface area (Å²) in [5, 5.41) is 0. The van der Waals surface area contributed by atoms with Crippen molar-refractivity contribution in [3.63, 3.8) is 0 Å². The molecule has 6 heteroatoms. The molecule has 30 heavy (non-hydrogen) atoms. The fraction of sp³-hybridized carbons (Fsp3) is 0.417. The van der Waals surface area contributed by atoms with Gasteiger partial charge in [-0.2, -0.15) is 0 Å². The minimum Gasteiger partial charge on any atom is -0.383 e. The number of nitrogens with zero attached hydrogens (tertiary/aromatic N) is 3. The molecule has 0 fully saturated rings. The molecule has 0 radical (unpaired) electrons. The van der Waals surface area contributed by atoms with Crippen molar-refractivity contribution in [2.24, 2.45) is 5.92 Å². The second-order valence-corrected chi connectivity index (χ2v) is 7.58. The van der Waals surface area contributed by atoms with Crippen LogP contribution in [0.1, 0.15) is 25.1 Å². The normalized spacial score (nSPS) is 10.8. The summed E-state index contributed by atoms with van der Waals surface area (Å²) in [6, 6.07) is 14.2. The lowest BCUT2D eigenvalue weighted by molar-refractivity contribution is -0.142. The first kappa shape index (κ1) is 23.4. The van der Waals surface area contributed by atoms with Crippen molar-refractivity contribution in [1.29, 1.82) is 0 Å². The minimum absolute atomic E-state index is 0.0339. The van der Waals surface area contributed by atoms with Gasteiger partial charge in [0.2, 0.25) is 11.8 Å². The Morgan fingerprint density at radius 1 is 1.13 bits per heavy atom. The molecule has 2 amide bonds. The zero-order valence-corrected chi connectivity index (χ0v) is 18.3. The van der Waals surface area contributed by atoms with E-state index in [1.54, 1.807) is 23.0 Å². The second-order valence-electron chi connectivity index (χ2n) is 7.58. The van der Waals surface area contributed by atoms with Crippen LogP contribution in [0.15, 0.2) is 61.3 Å². The highest BCUT2D eigenvalue weighted by molar-refractivity contribution is 5.85. The maximum Gasteiger partial charge on any atom is 0.242 e. The van der Waals surface area contributed by atoms with Crippen LogP contribution in [0.4, 0.5) is 0 Å². The van der Waals surface area contributed by atoms with Gasteiger partial charge in [0, 0.05) is 44.6 Å². The fourth-order valence-electron chi connectivity index (χ4n) is 3.23. The molecule has 6 nitrogen and oxygen atoms in total. The zero-order valence-electron chi connectivity index (χ0n) is 18.3. The van der Waals surface area contributed by atoms with E-state index in [0.717, 1.165) is 12.2 Å². The predicted molar refractivity (Wildman–Crippen MR) is 119 cm³/mol. The van der Waals surface area contributed by atoms with Crippen LogP contribution in [0.25, 0.3) is 0 Å². The van der Waals surface area contributed by atoms with Gasteiger partial charge in [-0.15, -0.1) is 6.58 Å². The number of methoxy groups -OCH3 is 1. The molecule has 1 aromatic heterocycles. The first-order chi connectivity index (χ1) is 14.5. The lowest BCUT2D eigenvalue weighted by atomic mass is 10.2. The van der Waals surface area contributed by atoms with Crippen LogP contribution in [0.2, 0.25) is 0 Å². The molecular formula is C24H33N3O3. The summed E-state index contributed by atoms with van der Waals surface area (Å²) in [5.74, 6) is -0.328. The van der Waals surface area contributed by atoms with Crippen molar-refractivity contribution >= 4 is 11.8 Å². The predicted octanol–water partition coefficient (Wildman–Crippen LogP) is 3.18. The van der Waals surface area contributed by atoms with E-state index in [9.17, 15) is 9.59 Å². The topological polar surface area (TPSA) is 54.8 Å². The summed E-state index contributed by atoms with van der Waals surface area (Å²) >= 11 is 0. The van der Waals surface area contributed by atoms with Gasteiger partial charge in [0.25, 0.3) is 0 Å². The van der Waals surface area contributed by atoms with Crippen LogP contribution in [0.3, 0.4) is 0 Å². The fourth-order valence-corrected chi connectivity index (χ4v) is 3.23. The van der Waals surface area contributed by atoms with E-state index in [4.69, 9.17) is 4.74 Å². The van der Waals surface area contributed by atoms with Crippen molar-refractivity contribution in [1.82, 2.24) is 14.4 Å². The van der Waals surface area contributed by atoms with E-state index >= 15 is 0 Å². The maximum atomic E-state index is 13.1. The Morgan fingerprint density at radius 2 is 1.87 bits per heavy atom. The van der Waals surface area contributed by atoms with Gasteiger partial charge in [0.1, 0.15) is 6.54 Å². The highest BCUT2D eigenvalue weighted by Crippen LogP contribution is 2.12. The monoisotopic (exact) mass is 411 g/mol. The lowest BCUT2D eigenvalue weighted by Gasteiger charge is -2.28. The number of rotatable bonds is 12. The molecule has 2 aromatic rings. The van der Waals surface area contributed by atoms with Crippen LogP contribution in [0.5, 0.6) is 0 Å². The van der Waals surface area contributed by atoms with Gasteiger partial charge in [-0.05, 0) is 17.7 Å². The Morgan fingerprint density at radius 3 is 2.50 bits per heavy atom. The Hall–Kier alpha value is -2.86. The van der Waals surface area contributed by atoms with Crippen LogP contribution in [-0.2, 0) is 27.4 Å². The molecule has 0 saturated heterocycles. The van der Waals surface area contributed by atoms with Crippen LogP contribution in [0, 0.1) is 5.92 Å². The van der Waals surface area contributed by atoms with E-state index in [1.807, 2.05) is 50.4 Å². The Kier molecular flexibility index (Phi) is 9.35. The molecule has 0 unspecified atom stereocenters. The molecule has 0 bridgehead atoms. The molecule has 2 rings (SSSR count). The summed E-state index contributed by atoms with van der Waals surface area (Å²) in [4.78, 5) is 28.9. The summed E-state index contributed by atoms with van der Waals surface area (Å²) in [5.41, 5.74) is 2.23. The quantitative estimate of drug-likeness (QED) is 0.504. The van der Waals surface area contributed by atoms with Gasteiger partial charge in [0.05, 0.1) is 13.2 Å². The van der Waals surface area contributed by atoms with Gasteiger partial charge < -0.3 is 19.1 Å². The molecule has 0 atom stereocenters. The number of ether oxygens (including phenoxy) is 1. The van der Waals surface area contributed by atoms with E-state index in [1.165, 1.54) is 5.56 Å². The lowest BCUT2D eigenvalue weighted by Crippen LogP contribution is -2.45. The van der Waals surface area contributed by atoms with Gasteiger partial charge in [-0.1, -0.05) is 50.3 Å². The van der Waals surface area contributed by atoms with Crippen LogP contribution < -0.4 is 0 Å². The van der Waals surface area contributed by atoms with Crippen molar-refractivity contribution < 1.29 is 14.3 Å². The Bertz CT molecular complexity index is 814. The van der Waals surface area contributed by atoms with Crippen molar-refractivity contribution in [2.75, 3.05) is 33.4 Å². The van der Waals surface area contributed by atoms with Crippen molar-refractivity contribution in [3.8, 4) is 0 Å². The maximum absolute atomic E-state index is 13.1. The van der Waals surface area contributed by atoms with E-state index < -0.39 is 0 Å². The summed E-state index contributed by atoms with van der Waals surface area (Å²) < 4.78 is 7.35. The number of carbonyl (C=O) groups excluding carboxylic acids is 2. The molecule has 0 aliphatic heterocycles. The van der Waals surface area contributed by atoms with Gasteiger partial charge in [-0.25, -0.2) is 0 Å². The second kappa shape index (κ2) is 12.0. The Labute approximate surface area is 179 Å². The van der Waals surface area contributed by atoms with Crippen LogP contribution in [-0.4, -0.2) is 59.5 Å². The van der Waals surface area contributed by atoms with E-state index in [2.05, 4.69) is 23.3 Å². The first-order valence-electron chi connectivity index (χ1n) is 10.3. The van der Waals surface area contributed by atoms with E-state index in [-0.39, 0.29) is 24.3 Å². The zero-order chi connectivity index (χ0) is 21.9. The number of hydrogen-bond donors (Lipinski definition) is 0. The number of amides is 2. The minimum atomic E-state index is -0.173. The van der Waals surface area contributed by atoms with Gasteiger partial charge in [-0.3, -0.25) is 9.59 Å². The highest BCUT2D eigenvalue weighted by atomic mass is 16.5. The molecule has 0 aliphatic rings. The third-order valence-electron chi connectivity index (χ3n) is 4.87. The smallest absolute Gasteiger partial charge is 0.242 e. The molecule has 0 N–H and O–H groups in total. The first-order valence-corrected chi connectivity index (χ1v) is 10.3. The Balaban J connectivity index is 2.13. The average Bonchev–Trinajstić information content (AvgIpc) is 3.17. The van der Waals surface area contributed by atoms with E-state index in [0.29, 0.717) is 26.2 Å². The number of hydrogen-bond acceptors (Lipinski definition) is 3. The van der Waals surface area contributed by atoms with Crippen molar-refractivity contribution in [2.45, 2.75) is 26.9 Å². The number of carbonyl (C=O) groups is 2. The molecule has 1 aromatic carbocycles. The summed E-state index contributed by atoms with van der Waals surface area (Å²) in [7, 11) is 1.62. The molecule has 0 saturated carbocycles. The largest absolute Gasteiger partial charge is 0.383 e. The summed E-state index contributed by atoms with van der Waals surface area (Å²) in [6.45, 7) is 9.87. The molecule has 1 heterocycles. The SMILES string of the molecule is C=CCN(CC(=O)N(CCOC)Cc1cccn1Cc1ccccc1)C(=O)C(C)C. The van der Waals surface area contributed by atoms with Gasteiger partial charge >= 0.3 is 0 Å². The number of aromatic nitrogens is 1. The third kappa shape index (κ3) is 6.88. The molecule has 0 spiro atoms. The highest BCUT2D eigenvalue weighted by Gasteiger charge is 2.23. The number of benzene rings is 1. The van der Waals surface area contributed by atoms with Gasteiger partial charge in [0.15, 0.2) is 0 Å². The molecule has 0 aliphatic carbocycles. The molecular weight excluding hydrogens is 378 g/mol. The molecule has 162 valence electrons. The average molecular weight is 412 g/mol. The van der Waals surface area contributed by atoms with Crippen molar-refractivity contribution in [3.05, 3.63) is 72.6 Å².